The summed E-state index contributed by atoms with van der Waals surface area (Å²) in [5.41, 5.74) is 1.92. The number of esters is 1. The fraction of sp³-hybridized carbons (Fsp3) is 0.870. The van der Waals surface area contributed by atoms with Crippen LogP contribution in [0.1, 0.15) is 71.6 Å². The van der Waals surface area contributed by atoms with Crippen molar-refractivity contribution in [2.45, 2.75) is 83.3 Å². The first kappa shape index (κ1) is 16.2. The summed E-state index contributed by atoms with van der Waals surface area (Å²) in [5, 5.41) is 10.2. The second-order valence-electron chi connectivity index (χ2n) is 10.9. The zero-order chi connectivity index (χ0) is 17.9. The minimum atomic E-state index is -0.127. The first-order valence-corrected chi connectivity index (χ1v) is 11.0. The smallest absolute Gasteiger partial charge is 0.306 e. The van der Waals surface area contributed by atoms with Crippen LogP contribution >= 0.6 is 0 Å². The van der Waals surface area contributed by atoms with Gasteiger partial charge in [0.05, 0.1) is 6.10 Å². The normalized spacial score (nSPS) is 59.8. The number of allylic oxidation sites excluding steroid dienone is 1. The number of aliphatic hydroxyl groups excluding tert-OH is 1. The Morgan fingerprint density at radius 2 is 1.96 bits per heavy atom. The maximum absolute atomic E-state index is 12.1. The molecule has 0 amide bonds. The summed E-state index contributed by atoms with van der Waals surface area (Å²) in [6.45, 7) is 4.97. The Bertz CT molecular complexity index is 712. The van der Waals surface area contributed by atoms with E-state index < -0.39 is 0 Å². The third-order valence-corrected chi connectivity index (χ3v) is 10.2. The molecule has 4 saturated carbocycles. The van der Waals surface area contributed by atoms with Crippen LogP contribution in [-0.2, 0) is 9.53 Å². The van der Waals surface area contributed by atoms with E-state index >= 15 is 0 Å². The lowest BCUT2D eigenvalue weighted by Gasteiger charge is -2.60. The Hall–Kier alpha value is -0.830. The molecule has 26 heavy (non-hydrogen) atoms. The maximum Gasteiger partial charge on any atom is 0.306 e. The summed E-state index contributed by atoms with van der Waals surface area (Å²) >= 11 is 0. The molecule has 1 aliphatic heterocycles. The molecule has 142 valence electrons. The van der Waals surface area contributed by atoms with Crippen molar-refractivity contribution in [3.63, 3.8) is 0 Å². The lowest BCUT2D eigenvalue weighted by atomic mass is 9.46. The Labute approximate surface area is 156 Å². The predicted octanol–water partition coefficient (Wildman–Crippen LogP) is 4.24. The monoisotopic (exact) mass is 356 g/mol. The van der Waals surface area contributed by atoms with E-state index in [0.29, 0.717) is 17.8 Å². The first-order chi connectivity index (χ1) is 12.4. The summed E-state index contributed by atoms with van der Waals surface area (Å²) in [5.74, 6) is 3.76. The van der Waals surface area contributed by atoms with Gasteiger partial charge in [0.15, 0.2) is 0 Å². The van der Waals surface area contributed by atoms with Crippen LogP contribution < -0.4 is 0 Å². The topological polar surface area (TPSA) is 46.5 Å². The van der Waals surface area contributed by atoms with E-state index in [4.69, 9.17) is 4.74 Å². The predicted molar refractivity (Wildman–Crippen MR) is 98.1 cm³/mol. The van der Waals surface area contributed by atoms with Crippen LogP contribution in [0.5, 0.6) is 0 Å². The van der Waals surface area contributed by atoms with Gasteiger partial charge in [-0.25, -0.2) is 0 Å². The minimum absolute atomic E-state index is 0.0544. The Morgan fingerprint density at radius 1 is 1.12 bits per heavy atom. The van der Waals surface area contributed by atoms with Crippen LogP contribution in [0.4, 0.5) is 0 Å². The zero-order valence-corrected chi connectivity index (χ0v) is 16.2. The second kappa shape index (κ2) is 4.77. The number of hydrogen-bond donors (Lipinski definition) is 1. The molecule has 1 spiro atoms. The fourth-order valence-electron chi connectivity index (χ4n) is 9.01. The first-order valence-electron chi connectivity index (χ1n) is 11.0. The highest BCUT2D eigenvalue weighted by Crippen LogP contribution is 2.79. The zero-order valence-electron chi connectivity index (χ0n) is 16.2. The van der Waals surface area contributed by atoms with E-state index in [0.717, 1.165) is 49.4 Å². The number of carbonyl (C=O) groups excluding carboxylic acids is 1. The van der Waals surface area contributed by atoms with Crippen LogP contribution in [0.15, 0.2) is 11.6 Å². The van der Waals surface area contributed by atoms with Crippen molar-refractivity contribution >= 4 is 5.97 Å². The van der Waals surface area contributed by atoms with E-state index in [-0.39, 0.29) is 23.1 Å². The fourth-order valence-corrected chi connectivity index (χ4v) is 9.01. The van der Waals surface area contributed by atoms with Crippen molar-refractivity contribution in [1.82, 2.24) is 0 Å². The van der Waals surface area contributed by atoms with Gasteiger partial charge < -0.3 is 9.84 Å². The highest BCUT2D eigenvalue weighted by Gasteiger charge is 2.78. The lowest BCUT2D eigenvalue weighted by molar-refractivity contribution is -0.175. The summed E-state index contributed by atoms with van der Waals surface area (Å²) in [7, 11) is 0. The molecule has 5 aliphatic carbocycles. The van der Waals surface area contributed by atoms with Crippen LogP contribution in [0.25, 0.3) is 0 Å². The lowest BCUT2D eigenvalue weighted by Crippen LogP contribution is -2.56. The van der Waals surface area contributed by atoms with Gasteiger partial charge in [-0.15, -0.1) is 0 Å². The van der Waals surface area contributed by atoms with Crippen molar-refractivity contribution in [2.24, 2.45) is 40.4 Å². The van der Waals surface area contributed by atoms with Gasteiger partial charge in [-0.2, -0.15) is 0 Å². The molecule has 5 fully saturated rings. The standard InChI is InChI=1S/C23H32O3/c1-21-8-5-14(24)11-13(21)3-4-15-17(21)6-9-22(2)20(15)16-12-18(16)23(22)10-7-19(25)26-23/h3,14-18,20,24H,4-12H2,1-2H3/t14?,15?,16?,17?,18?,20?,21-,22-,23-/m0/s1. The molecule has 1 saturated heterocycles. The number of rotatable bonds is 0. The summed E-state index contributed by atoms with van der Waals surface area (Å²) in [4.78, 5) is 12.1. The Balaban J connectivity index is 1.39. The maximum atomic E-state index is 12.1. The Kier molecular flexibility index (Phi) is 2.96. The Morgan fingerprint density at radius 3 is 2.73 bits per heavy atom. The van der Waals surface area contributed by atoms with E-state index in [1.54, 1.807) is 5.57 Å². The molecule has 3 heteroatoms. The average molecular weight is 357 g/mol. The third kappa shape index (κ3) is 1.69. The van der Waals surface area contributed by atoms with Crippen molar-refractivity contribution in [3.8, 4) is 0 Å². The van der Waals surface area contributed by atoms with Crippen LogP contribution in [0.3, 0.4) is 0 Å². The summed E-state index contributed by atoms with van der Waals surface area (Å²) in [6.07, 6.45) is 12.0. The van der Waals surface area contributed by atoms with Gasteiger partial charge in [0.1, 0.15) is 5.60 Å². The average Bonchev–Trinajstić information content (AvgIpc) is 3.24. The SMILES string of the molecule is C[C@]12CCC(O)CC1=CCC1C2CC[C@@]2(C)C1C1CC1[C@@]21CCC(=O)O1. The minimum Gasteiger partial charge on any atom is -0.458 e. The van der Waals surface area contributed by atoms with Gasteiger partial charge >= 0.3 is 5.97 Å². The van der Waals surface area contributed by atoms with Crippen LogP contribution in [0, 0.1) is 40.4 Å². The van der Waals surface area contributed by atoms with E-state index in [9.17, 15) is 9.90 Å². The van der Waals surface area contributed by atoms with E-state index in [1.165, 1.54) is 25.7 Å². The van der Waals surface area contributed by atoms with Gasteiger partial charge in [0.25, 0.3) is 0 Å². The number of ether oxygens (including phenoxy) is 1. The van der Waals surface area contributed by atoms with Crippen molar-refractivity contribution in [1.29, 1.82) is 0 Å². The van der Waals surface area contributed by atoms with Gasteiger partial charge in [0.2, 0.25) is 0 Å². The molecule has 0 bridgehead atoms. The number of aliphatic hydroxyl groups is 1. The van der Waals surface area contributed by atoms with Crippen molar-refractivity contribution in [2.75, 3.05) is 0 Å². The molecule has 0 aromatic rings. The molecule has 9 atom stereocenters. The molecule has 1 heterocycles. The molecule has 6 unspecified atom stereocenters. The van der Waals surface area contributed by atoms with Gasteiger partial charge in [-0.05, 0) is 80.5 Å². The molecule has 1 N–H and O–H groups in total. The second-order valence-corrected chi connectivity index (χ2v) is 10.9. The molecular formula is C23H32O3. The number of hydrogen-bond acceptors (Lipinski definition) is 3. The highest BCUT2D eigenvalue weighted by molar-refractivity contribution is 5.73. The van der Waals surface area contributed by atoms with Gasteiger partial charge in [0, 0.05) is 17.8 Å². The van der Waals surface area contributed by atoms with Crippen molar-refractivity contribution in [3.05, 3.63) is 11.6 Å². The quantitative estimate of drug-likeness (QED) is 0.521. The molecule has 6 aliphatic rings. The largest absolute Gasteiger partial charge is 0.458 e. The summed E-state index contributed by atoms with van der Waals surface area (Å²) < 4.78 is 6.17. The van der Waals surface area contributed by atoms with E-state index in [1.807, 2.05) is 0 Å². The molecular weight excluding hydrogens is 324 g/mol. The molecule has 0 aromatic carbocycles. The highest BCUT2D eigenvalue weighted by atomic mass is 16.6. The van der Waals surface area contributed by atoms with Crippen molar-refractivity contribution < 1.29 is 14.6 Å². The van der Waals surface area contributed by atoms with Gasteiger partial charge in [-0.3, -0.25) is 4.79 Å². The number of carbonyl (C=O) groups is 1. The molecule has 3 nitrogen and oxygen atoms in total. The third-order valence-electron chi connectivity index (χ3n) is 10.2. The van der Waals surface area contributed by atoms with Gasteiger partial charge in [-0.1, -0.05) is 25.5 Å². The molecule has 6 rings (SSSR count). The summed E-state index contributed by atoms with van der Waals surface area (Å²) in [6, 6.07) is 0. The van der Waals surface area contributed by atoms with Crippen LogP contribution in [-0.4, -0.2) is 22.8 Å². The molecule has 0 aromatic heterocycles. The van der Waals surface area contributed by atoms with Crippen LogP contribution in [0.2, 0.25) is 0 Å². The molecule has 0 radical (unpaired) electrons. The number of fused-ring (bicyclic) bond motifs is 9. The van der Waals surface area contributed by atoms with E-state index in [2.05, 4.69) is 19.9 Å².